The van der Waals surface area contributed by atoms with Gasteiger partial charge in [-0.05, 0) is 41.6 Å². The van der Waals surface area contributed by atoms with Crippen molar-refractivity contribution in [1.82, 2.24) is 4.84 Å². The second-order valence-electron chi connectivity index (χ2n) is 4.51. The number of carbonyl (C=O) groups is 1. The van der Waals surface area contributed by atoms with Crippen molar-refractivity contribution < 1.29 is 14.6 Å². The van der Waals surface area contributed by atoms with Crippen LogP contribution >= 0.6 is 35.0 Å². The number of aliphatic carboxylic acids is 1. The van der Waals surface area contributed by atoms with Crippen LogP contribution in [-0.2, 0) is 4.79 Å². The van der Waals surface area contributed by atoms with Gasteiger partial charge in [-0.25, -0.2) is 4.84 Å². The van der Waals surface area contributed by atoms with Crippen LogP contribution in [0.5, 0.6) is 11.5 Å². The van der Waals surface area contributed by atoms with Crippen molar-refractivity contribution in [1.29, 1.82) is 0 Å². The molecule has 0 aliphatic heterocycles. The zero-order chi connectivity index (χ0) is 16.1. The van der Waals surface area contributed by atoms with E-state index in [1.807, 2.05) is 0 Å². The van der Waals surface area contributed by atoms with Gasteiger partial charge < -0.3 is 9.84 Å². The van der Waals surface area contributed by atoms with E-state index in [0.29, 0.717) is 27.1 Å². The van der Waals surface area contributed by atoms with Crippen LogP contribution in [0, 0.1) is 0 Å². The number of ether oxygens (including phenoxy) is 1. The first-order valence-corrected chi connectivity index (χ1v) is 7.44. The summed E-state index contributed by atoms with van der Waals surface area (Å²) in [5.41, 5.74) is 0.704. The largest absolute Gasteiger partial charge is 0.481 e. The summed E-state index contributed by atoms with van der Waals surface area (Å²) >= 11 is 17.4. The smallest absolute Gasteiger partial charge is 0.305 e. The molecular formula is C15H12Cl3NO3. The molecule has 0 saturated heterocycles. The number of carboxylic acids is 1. The summed E-state index contributed by atoms with van der Waals surface area (Å²) in [6.07, 6.45) is -0.139. The molecule has 1 atom stereocenters. The summed E-state index contributed by atoms with van der Waals surface area (Å²) in [5, 5.41) is 9.71. The van der Waals surface area contributed by atoms with Gasteiger partial charge in [0.25, 0.3) is 0 Å². The monoisotopic (exact) mass is 359 g/mol. The molecule has 2 N–H and O–H groups in total. The lowest BCUT2D eigenvalue weighted by molar-refractivity contribution is -0.137. The third-order valence-corrected chi connectivity index (χ3v) is 3.90. The Bertz CT molecular complexity index is 679. The quantitative estimate of drug-likeness (QED) is 0.708. The minimum atomic E-state index is -0.950. The first-order chi connectivity index (χ1) is 10.5. The molecular weight excluding hydrogens is 349 g/mol. The number of rotatable bonds is 6. The van der Waals surface area contributed by atoms with Crippen LogP contribution in [0.2, 0.25) is 10.0 Å². The van der Waals surface area contributed by atoms with Gasteiger partial charge in [-0.15, -0.1) is 0 Å². The van der Waals surface area contributed by atoms with Crippen molar-refractivity contribution in [3.05, 3.63) is 58.1 Å². The zero-order valence-electron chi connectivity index (χ0n) is 11.2. The normalized spacial score (nSPS) is 12.0. The van der Waals surface area contributed by atoms with E-state index in [1.54, 1.807) is 42.5 Å². The highest BCUT2D eigenvalue weighted by Crippen LogP contribution is 2.30. The molecule has 2 rings (SSSR count). The van der Waals surface area contributed by atoms with E-state index in [-0.39, 0.29) is 6.42 Å². The fourth-order valence-electron chi connectivity index (χ4n) is 1.87. The predicted octanol–water partition coefficient (Wildman–Crippen LogP) is 5.04. The van der Waals surface area contributed by atoms with Crippen LogP contribution in [-0.4, -0.2) is 11.1 Å². The molecule has 0 aliphatic carbocycles. The Morgan fingerprint density at radius 2 is 1.86 bits per heavy atom. The van der Waals surface area contributed by atoms with Crippen LogP contribution < -0.4 is 9.57 Å². The van der Waals surface area contributed by atoms with Crippen LogP contribution in [0.4, 0.5) is 0 Å². The molecule has 0 aliphatic rings. The highest BCUT2D eigenvalue weighted by Gasteiger charge is 2.15. The van der Waals surface area contributed by atoms with Gasteiger partial charge in [0.05, 0.1) is 22.5 Å². The van der Waals surface area contributed by atoms with E-state index in [0.717, 1.165) is 0 Å². The maximum atomic E-state index is 10.8. The van der Waals surface area contributed by atoms with Crippen molar-refractivity contribution >= 4 is 40.9 Å². The second kappa shape index (κ2) is 7.70. The van der Waals surface area contributed by atoms with Crippen molar-refractivity contribution in [2.24, 2.45) is 0 Å². The molecule has 0 saturated carbocycles. The summed E-state index contributed by atoms with van der Waals surface area (Å²) in [4.78, 5) is 13.3. The third-order valence-electron chi connectivity index (χ3n) is 2.90. The standard InChI is InChI=1S/C15H12Cl3NO3/c16-12-5-4-11(7-13(12)17)22-10-3-1-2-9(6-10)14(19-18)8-15(20)21/h1-7,14,19H,8H2,(H,20,21)/t14-/m1/s1. The summed E-state index contributed by atoms with van der Waals surface area (Å²) in [6.45, 7) is 0. The average Bonchev–Trinajstić information content (AvgIpc) is 2.48. The lowest BCUT2D eigenvalue weighted by Crippen LogP contribution is -2.15. The Labute approximate surface area is 142 Å². The Morgan fingerprint density at radius 1 is 1.14 bits per heavy atom. The molecule has 0 radical (unpaired) electrons. The molecule has 7 heteroatoms. The van der Waals surface area contributed by atoms with Crippen molar-refractivity contribution in [3.63, 3.8) is 0 Å². The molecule has 0 amide bonds. The first kappa shape index (κ1) is 16.9. The number of hydrogen-bond acceptors (Lipinski definition) is 3. The molecule has 116 valence electrons. The number of benzene rings is 2. The highest BCUT2D eigenvalue weighted by molar-refractivity contribution is 6.42. The molecule has 2 aromatic carbocycles. The number of halogens is 3. The Hall–Kier alpha value is -1.46. The number of nitrogens with one attached hydrogen (secondary N) is 1. The fraction of sp³-hybridized carbons (Fsp3) is 0.133. The maximum absolute atomic E-state index is 10.8. The Balaban J connectivity index is 2.20. The molecule has 4 nitrogen and oxygen atoms in total. The fourth-order valence-corrected chi connectivity index (χ4v) is 2.36. The van der Waals surface area contributed by atoms with Crippen LogP contribution in [0.15, 0.2) is 42.5 Å². The van der Waals surface area contributed by atoms with E-state index in [4.69, 9.17) is 44.8 Å². The highest BCUT2D eigenvalue weighted by atomic mass is 35.5. The molecule has 0 aromatic heterocycles. The molecule has 22 heavy (non-hydrogen) atoms. The SMILES string of the molecule is O=C(O)C[C@@H](NCl)c1cccc(Oc2ccc(Cl)c(Cl)c2)c1. The minimum Gasteiger partial charge on any atom is -0.481 e. The first-order valence-electron chi connectivity index (χ1n) is 6.30. The topological polar surface area (TPSA) is 58.6 Å². The lowest BCUT2D eigenvalue weighted by Gasteiger charge is -2.14. The third kappa shape index (κ3) is 4.52. The summed E-state index contributed by atoms with van der Waals surface area (Å²) in [7, 11) is 0. The minimum absolute atomic E-state index is 0.139. The van der Waals surface area contributed by atoms with E-state index in [1.165, 1.54) is 0 Å². The number of carboxylic acid groups (broad SMARTS) is 1. The van der Waals surface area contributed by atoms with E-state index >= 15 is 0 Å². The van der Waals surface area contributed by atoms with Crippen molar-refractivity contribution in [2.75, 3.05) is 0 Å². The summed E-state index contributed by atoms with van der Waals surface area (Å²) in [6, 6.07) is 11.4. The number of hydrogen-bond donors (Lipinski definition) is 2. The summed E-state index contributed by atoms with van der Waals surface area (Å²) < 4.78 is 5.69. The molecule has 0 heterocycles. The predicted molar refractivity (Wildman–Crippen MR) is 87.0 cm³/mol. The summed E-state index contributed by atoms with van der Waals surface area (Å²) in [5.74, 6) is 0.118. The van der Waals surface area contributed by atoms with Gasteiger partial charge in [0.15, 0.2) is 0 Å². The molecule has 0 fully saturated rings. The molecule has 0 unspecified atom stereocenters. The zero-order valence-corrected chi connectivity index (χ0v) is 13.5. The van der Waals surface area contributed by atoms with Gasteiger partial charge in [0.1, 0.15) is 11.5 Å². The van der Waals surface area contributed by atoms with Gasteiger partial charge in [0.2, 0.25) is 0 Å². The lowest BCUT2D eigenvalue weighted by atomic mass is 10.0. The molecule has 2 aromatic rings. The van der Waals surface area contributed by atoms with E-state index in [2.05, 4.69) is 4.84 Å². The van der Waals surface area contributed by atoms with E-state index in [9.17, 15) is 4.79 Å². The molecule has 0 bridgehead atoms. The van der Waals surface area contributed by atoms with Gasteiger partial charge in [-0.2, -0.15) is 0 Å². The van der Waals surface area contributed by atoms with Crippen LogP contribution in [0.25, 0.3) is 0 Å². The van der Waals surface area contributed by atoms with Gasteiger partial charge in [0, 0.05) is 6.07 Å². The molecule has 0 spiro atoms. The second-order valence-corrected chi connectivity index (χ2v) is 5.54. The van der Waals surface area contributed by atoms with Crippen molar-refractivity contribution in [2.45, 2.75) is 12.5 Å². The van der Waals surface area contributed by atoms with E-state index < -0.39 is 12.0 Å². The van der Waals surface area contributed by atoms with Gasteiger partial charge >= 0.3 is 5.97 Å². The van der Waals surface area contributed by atoms with Gasteiger partial charge in [-0.1, -0.05) is 35.3 Å². The van der Waals surface area contributed by atoms with Crippen LogP contribution in [0.1, 0.15) is 18.0 Å². The average molecular weight is 361 g/mol. The van der Waals surface area contributed by atoms with Gasteiger partial charge in [-0.3, -0.25) is 4.79 Å². The Kier molecular flexibility index (Phi) is 5.91. The van der Waals surface area contributed by atoms with Crippen LogP contribution in [0.3, 0.4) is 0 Å². The maximum Gasteiger partial charge on any atom is 0.305 e. The van der Waals surface area contributed by atoms with Crippen molar-refractivity contribution in [3.8, 4) is 11.5 Å². The Morgan fingerprint density at radius 3 is 2.50 bits per heavy atom.